The van der Waals surface area contributed by atoms with Crippen molar-refractivity contribution in [3.05, 3.63) is 35.4 Å². The average molecular weight is 239 g/mol. The van der Waals surface area contributed by atoms with Gasteiger partial charge in [0.1, 0.15) is 0 Å². The molecule has 0 heterocycles. The monoisotopic (exact) mass is 239 g/mol. The van der Waals surface area contributed by atoms with Gasteiger partial charge in [-0.25, -0.2) is 8.78 Å². The molecule has 1 fully saturated rings. The summed E-state index contributed by atoms with van der Waals surface area (Å²) in [6.45, 7) is 2.82. The molecular weight excluding hydrogens is 220 g/mol. The second-order valence-electron chi connectivity index (χ2n) is 5.22. The smallest absolute Gasteiger partial charge is 0.159 e. The summed E-state index contributed by atoms with van der Waals surface area (Å²) in [6.07, 6.45) is 6.14. The van der Waals surface area contributed by atoms with Gasteiger partial charge in [0.2, 0.25) is 0 Å². The maximum absolute atomic E-state index is 13.0. The van der Waals surface area contributed by atoms with Gasteiger partial charge in [-0.1, -0.05) is 25.3 Å². The molecule has 0 radical (unpaired) electrons. The molecule has 0 saturated heterocycles. The highest BCUT2D eigenvalue weighted by atomic mass is 19.2. The molecule has 1 aromatic carbocycles. The molecule has 0 amide bonds. The van der Waals surface area contributed by atoms with Crippen molar-refractivity contribution in [1.29, 1.82) is 0 Å². The Morgan fingerprint density at radius 2 is 1.82 bits per heavy atom. The highest BCUT2D eigenvalue weighted by molar-refractivity contribution is 5.17. The highest BCUT2D eigenvalue weighted by Crippen LogP contribution is 2.27. The SMILES string of the molecule is CC1(NCc2ccc(F)c(F)c2)CCCCC1. The van der Waals surface area contributed by atoms with Gasteiger partial charge < -0.3 is 5.32 Å². The average Bonchev–Trinajstić information content (AvgIpc) is 2.32. The van der Waals surface area contributed by atoms with Crippen molar-refractivity contribution in [2.45, 2.75) is 51.1 Å². The molecule has 1 aliphatic carbocycles. The molecule has 0 spiro atoms. The Hall–Kier alpha value is -0.960. The third kappa shape index (κ3) is 3.25. The van der Waals surface area contributed by atoms with Crippen molar-refractivity contribution in [2.24, 2.45) is 0 Å². The van der Waals surface area contributed by atoms with Crippen LogP contribution in [0.15, 0.2) is 18.2 Å². The molecule has 0 aliphatic heterocycles. The number of rotatable bonds is 3. The van der Waals surface area contributed by atoms with Gasteiger partial charge >= 0.3 is 0 Å². The lowest BCUT2D eigenvalue weighted by Crippen LogP contribution is -2.43. The molecule has 1 saturated carbocycles. The first-order chi connectivity index (χ1) is 8.09. The van der Waals surface area contributed by atoms with Crippen LogP contribution in [0.3, 0.4) is 0 Å². The van der Waals surface area contributed by atoms with Crippen molar-refractivity contribution in [1.82, 2.24) is 5.32 Å². The predicted molar refractivity (Wildman–Crippen MR) is 64.7 cm³/mol. The van der Waals surface area contributed by atoms with Gasteiger partial charge in [-0.05, 0) is 37.5 Å². The molecule has 1 aromatic rings. The molecule has 1 nitrogen and oxygen atoms in total. The summed E-state index contributed by atoms with van der Waals surface area (Å²) in [5.41, 5.74) is 0.957. The van der Waals surface area contributed by atoms with Gasteiger partial charge in [-0.3, -0.25) is 0 Å². The van der Waals surface area contributed by atoms with Crippen LogP contribution in [-0.4, -0.2) is 5.54 Å². The van der Waals surface area contributed by atoms with E-state index in [2.05, 4.69) is 12.2 Å². The highest BCUT2D eigenvalue weighted by Gasteiger charge is 2.25. The van der Waals surface area contributed by atoms with Crippen molar-refractivity contribution < 1.29 is 8.78 Å². The Bertz CT molecular complexity index is 384. The molecule has 0 bridgehead atoms. The molecular formula is C14H19F2N. The van der Waals surface area contributed by atoms with Crippen molar-refractivity contribution in [3.8, 4) is 0 Å². The van der Waals surface area contributed by atoms with Crippen LogP contribution in [0.25, 0.3) is 0 Å². The van der Waals surface area contributed by atoms with Crippen molar-refractivity contribution >= 4 is 0 Å². The minimum Gasteiger partial charge on any atom is -0.307 e. The van der Waals surface area contributed by atoms with Gasteiger partial charge in [0.05, 0.1) is 0 Å². The second kappa shape index (κ2) is 5.13. The normalized spacial score (nSPS) is 19.2. The van der Waals surface area contributed by atoms with Crippen LogP contribution >= 0.6 is 0 Å². The molecule has 0 unspecified atom stereocenters. The van der Waals surface area contributed by atoms with Crippen molar-refractivity contribution in [3.63, 3.8) is 0 Å². The minimum absolute atomic E-state index is 0.156. The third-order valence-corrected chi connectivity index (χ3v) is 3.66. The van der Waals surface area contributed by atoms with Gasteiger partial charge in [0.15, 0.2) is 11.6 Å². The van der Waals surface area contributed by atoms with Gasteiger partial charge in [-0.15, -0.1) is 0 Å². The van der Waals surface area contributed by atoms with Crippen LogP contribution in [0.1, 0.15) is 44.6 Å². The quantitative estimate of drug-likeness (QED) is 0.846. The van der Waals surface area contributed by atoms with Crippen LogP contribution in [0.4, 0.5) is 8.78 Å². The summed E-state index contributed by atoms with van der Waals surface area (Å²) >= 11 is 0. The molecule has 0 atom stereocenters. The fourth-order valence-electron chi connectivity index (χ4n) is 2.47. The first kappa shape index (κ1) is 12.5. The van der Waals surface area contributed by atoms with E-state index in [9.17, 15) is 8.78 Å². The Morgan fingerprint density at radius 3 is 2.47 bits per heavy atom. The molecule has 1 N–H and O–H groups in total. The topological polar surface area (TPSA) is 12.0 Å². The first-order valence-corrected chi connectivity index (χ1v) is 6.28. The van der Waals surface area contributed by atoms with Gasteiger partial charge in [0, 0.05) is 12.1 Å². The van der Waals surface area contributed by atoms with E-state index in [1.807, 2.05) is 0 Å². The van der Waals surface area contributed by atoms with E-state index >= 15 is 0 Å². The minimum atomic E-state index is -0.780. The zero-order valence-electron chi connectivity index (χ0n) is 10.2. The van der Waals surface area contributed by atoms with Gasteiger partial charge in [0.25, 0.3) is 0 Å². The number of halogens is 2. The first-order valence-electron chi connectivity index (χ1n) is 6.28. The number of nitrogens with one attached hydrogen (secondary N) is 1. The van der Waals surface area contributed by atoms with Crippen LogP contribution in [0, 0.1) is 11.6 Å². The van der Waals surface area contributed by atoms with Crippen LogP contribution in [-0.2, 0) is 6.54 Å². The van der Waals surface area contributed by atoms with E-state index in [-0.39, 0.29) is 5.54 Å². The maximum Gasteiger partial charge on any atom is 0.159 e. The van der Waals surface area contributed by atoms with E-state index in [1.165, 1.54) is 31.4 Å². The standard InChI is InChI=1S/C14H19F2N/c1-14(7-3-2-4-8-14)17-10-11-5-6-12(15)13(16)9-11/h5-6,9,17H,2-4,7-8,10H2,1H3. The van der Waals surface area contributed by atoms with Gasteiger partial charge in [-0.2, -0.15) is 0 Å². The lowest BCUT2D eigenvalue weighted by molar-refractivity contribution is 0.252. The second-order valence-corrected chi connectivity index (χ2v) is 5.22. The lowest BCUT2D eigenvalue weighted by atomic mass is 9.83. The fraction of sp³-hybridized carbons (Fsp3) is 0.571. The molecule has 2 rings (SSSR count). The summed E-state index contributed by atoms with van der Waals surface area (Å²) in [6, 6.07) is 4.10. The predicted octanol–water partition coefficient (Wildman–Crippen LogP) is 3.78. The molecule has 1 aliphatic rings. The van der Waals surface area contributed by atoms with E-state index in [4.69, 9.17) is 0 Å². The van der Waals surface area contributed by atoms with E-state index in [0.717, 1.165) is 18.4 Å². The Morgan fingerprint density at radius 1 is 1.12 bits per heavy atom. The number of hydrogen-bond acceptors (Lipinski definition) is 1. The number of hydrogen-bond donors (Lipinski definition) is 1. The molecule has 94 valence electrons. The van der Waals surface area contributed by atoms with E-state index in [1.54, 1.807) is 6.07 Å². The molecule has 0 aromatic heterocycles. The summed E-state index contributed by atoms with van der Waals surface area (Å²) in [7, 11) is 0. The third-order valence-electron chi connectivity index (χ3n) is 3.66. The zero-order chi connectivity index (χ0) is 12.3. The lowest BCUT2D eigenvalue weighted by Gasteiger charge is -2.34. The maximum atomic E-state index is 13.0. The Balaban J connectivity index is 1.94. The van der Waals surface area contributed by atoms with Crippen LogP contribution in [0.2, 0.25) is 0 Å². The van der Waals surface area contributed by atoms with E-state index in [0.29, 0.717) is 6.54 Å². The van der Waals surface area contributed by atoms with E-state index < -0.39 is 11.6 Å². The summed E-state index contributed by atoms with van der Waals surface area (Å²) in [5.74, 6) is -1.55. The summed E-state index contributed by atoms with van der Waals surface area (Å²) < 4.78 is 25.8. The largest absolute Gasteiger partial charge is 0.307 e. The summed E-state index contributed by atoms with van der Waals surface area (Å²) in [4.78, 5) is 0. The summed E-state index contributed by atoms with van der Waals surface area (Å²) in [5, 5.41) is 3.47. The fourth-order valence-corrected chi connectivity index (χ4v) is 2.47. The molecule has 17 heavy (non-hydrogen) atoms. The Labute approximate surface area is 101 Å². The zero-order valence-corrected chi connectivity index (χ0v) is 10.2. The van der Waals surface area contributed by atoms with Crippen LogP contribution < -0.4 is 5.32 Å². The Kier molecular flexibility index (Phi) is 3.77. The van der Waals surface area contributed by atoms with Crippen LogP contribution in [0.5, 0.6) is 0 Å². The molecule has 3 heteroatoms. The number of benzene rings is 1. The van der Waals surface area contributed by atoms with Crippen molar-refractivity contribution in [2.75, 3.05) is 0 Å².